The summed E-state index contributed by atoms with van der Waals surface area (Å²) >= 11 is 0. The zero-order valence-electron chi connectivity index (χ0n) is 10.1. The number of hydrogen-bond acceptors (Lipinski definition) is 3. The van der Waals surface area contributed by atoms with Gasteiger partial charge in [0.05, 0.1) is 13.5 Å². The van der Waals surface area contributed by atoms with Crippen LogP contribution in [0.3, 0.4) is 0 Å². The summed E-state index contributed by atoms with van der Waals surface area (Å²) in [6, 6.07) is 0. The largest absolute Gasteiger partial charge is 0.469 e. The predicted molar refractivity (Wildman–Crippen MR) is 58.3 cm³/mol. The molecule has 4 heteroatoms. The van der Waals surface area contributed by atoms with Crippen molar-refractivity contribution >= 4 is 11.9 Å². The Hall–Kier alpha value is -1.06. The molecule has 0 aromatic heterocycles. The molecule has 0 fully saturated rings. The summed E-state index contributed by atoms with van der Waals surface area (Å²) in [6.45, 7) is 7.02. The number of rotatable bonds is 6. The zero-order valence-corrected chi connectivity index (χ0v) is 10.1. The van der Waals surface area contributed by atoms with Crippen molar-refractivity contribution in [3.8, 4) is 0 Å². The second-order valence-electron chi connectivity index (χ2n) is 3.90. The van der Waals surface area contributed by atoms with Crippen LogP contribution in [0, 0.1) is 5.92 Å². The van der Waals surface area contributed by atoms with Gasteiger partial charge in [-0.25, -0.2) is 0 Å². The van der Waals surface area contributed by atoms with Crippen molar-refractivity contribution in [1.29, 1.82) is 0 Å². The quantitative estimate of drug-likeness (QED) is 0.630. The molecule has 0 rings (SSSR count). The highest BCUT2D eigenvalue weighted by atomic mass is 16.5. The van der Waals surface area contributed by atoms with Crippen LogP contribution < -0.4 is 0 Å². The number of carbonyl (C=O) groups excluding carboxylic acids is 2. The lowest BCUT2D eigenvalue weighted by Crippen LogP contribution is -2.33. The Labute approximate surface area is 91.6 Å². The van der Waals surface area contributed by atoms with E-state index in [0.29, 0.717) is 25.4 Å². The molecule has 0 aliphatic heterocycles. The maximum Gasteiger partial charge on any atom is 0.307 e. The minimum absolute atomic E-state index is 0.108. The second-order valence-corrected chi connectivity index (χ2v) is 3.90. The van der Waals surface area contributed by atoms with Crippen molar-refractivity contribution in [2.24, 2.45) is 5.92 Å². The van der Waals surface area contributed by atoms with E-state index in [0.717, 1.165) is 0 Å². The molecule has 0 atom stereocenters. The van der Waals surface area contributed by atoms with Gasteiger partial charge in [0, 0.05) is 19.5 Å². The Morgan fingerprint density at radius 3 is 2.33 bits per heavy atom. The fourth-order valence-electron chi connectivity index (χ4n) is 1.27. The van der Waals surface area contributed by atoms with Crippen LogP contribution >= 0.6 is 0 Å². The molecule has 0 N–H and O–H groups in total. The SMILES string of the molecule is CCN(CCC(=O)OC)C(=O)CC(C)C. The average Bonchev–Trinajstić information content (AvgIpc) is 2.17. The molecule has 0 aliphatic rings. The topological polar surface area (TPSA) is 46.6 Å². The summed E-state index contributed by atoms with van der Waals surface area (Å²) in [6.07, 6.45) is 0.809. The smallest absolute Gasteiger partial charge is 0.307 e. The van der Waals surface area contributed by atoms with Gasteiger partial charge >= 0.3 is 5.97 Å². The first-order chi connectivity index (χ1) is 7.01. The Kier molecular flexibility index (Phi) is 6.75. The first-order valence-corrected chi connectivity index (χ1v) is 5.35. The second kappa shape index (κ2) is 7.26. The molecule has 0 aromatic rings. The summed E-state index contributed by atoms with van der Waals surface area (Å²) < 4.78 is 4.53. The third-order valence-electron chi connectivity index (χ3n) is 2.13. The lowest BCUT2D eigenvalue weighted by Gasteiger charge is -2.21. The summed E-state index contributed by atoms with van der Waals surface area (Å²) in [7, 11) is 1.36. The molecule has 0 bridgehead atoms. The number of carbonyl (C=O) groups is 2. The molecule has 1 amide bonds. The maximum atomic E-state index is 11.7. The van der Waals surface area contributed by atoms with Crippen LogP contribution in [0.5, 0.6) is 0 Å². The monoisotopic (exact) mass is 215 g/mol. The number of amides is 1. The van der Waals surface area contributed by atoms with E-state index in [2.05, 4.69) is 4.74 Å². The van der Waals surface area contributed by atoms with Crippen molar-refractivity contribution in [3.05, 3.63) is 0 Å². The fraction of sp³-hybridized carbons (Fsp3) is 0.818. The summed E-state index contributed by atoms with van der Waals surface area (Å²) in [5, 5.41) is 0. The van der Waals surface area contributed by atoms with Crippen molar-refractivity contribution in [3.63, 3.8) is 0 Å². The van der Waals surface area contributed by atoms with Gasteiger partial charge in [-0.05, 0) is 12.8 Å². The van der Waals surface area contributed by atoms with Crippen LogP contribution in [0.15, 0.2) is 0 Å². The van der Waals surface area contributed by atoms with Gasteiger partial charge in [-0.15, -0.1) is 0 Å². The summed E-state index contributed by atoms with van der Waals surface area (Å²) in [5.74, 6) is 0.187. The van der Waals surface area contributed by atoms with Gasteiger partial charge < -0.3 is 9.64 Å². The van der Waals surface area contributed by atoms with Gasteiger partial charge in [-0.1, -0.05) is 13.8 Å². The van der Waals surface area contributed by atoms with Crippen LogP contribution in [-0.4, -0.2) is 37.0 Å². The third-order valence-corrected chi connectivity index (χ3v) is 2.13. The normalized spacial score (nSPS) is 10.2. The van der Waals surface area contributed by atoms with Crippen LogP contribution in [0.2, 0.25) is 0 Å². The zero-order chi connectivity index (χ0) is 11.8. The van der Waals surface area contributed by atoms with Crippen LogP contribution in [0.25, 0.3) is 0 Å². The number of hydrogen-bond donors (Lipinski definition) is 0. The van der Waals surface area contributed by atoms with E-state index in [4.69, 9.17) is 0 Å². The van der Waals surface area contributed by atoms with Gasteiger partial charge in [-0.2, -0.15) is 0 Å². The van der Waals surface area contributed by atoms with E-state index in [1.807, 2.05) is 20.8 Å². The van der Waals surface area contributed by atoms with Crippen molar-refractivity contribution < 1.29 is 14.3 Å². The molecule has 88 valence electrons. The lowest BCUT2D eigenvalue weighted by atomic mass is 10.1. The molecule has 0 aromatic carbocycles. The average molecular weight is 215 g/mol. The van der Waals surface area contributed by atoms with Gasteiger partial charge in [0.1, 0.15) is 0 Å². The van der Waals surface area contributed by atoms with E-state index in [-0.39, 0.29) is 18.3 Å². The Bertz CT molecular complexity index is 214. The van der Waals surface area contributed by atoms with Gasteiger partial charge in [0.15, 0.2) is 0 Å². The molecule has 0 unspecified atom stereocenters. The Morgan fingerprint density at radius 2 is 1.93 bits per heavy atom. The predicted octanol–water partition coefficient (Wildman–Crippen LogP) is 1.44. The molecular weight excluding hydrogens is 194 g/mol. The van der Waals surface area contributed by atoms with E-state index >= 15 is 0 Å². The fourth-order valence-corrected chi connectivity index (χ4v) is 1.27. The third kappa shape index (κ3) is 6.10. The van der Waals surface area contributed by atoms with Gasteiger partial charge in [-0.3, -0.25) is 9.59 Å². The molecule has 0 aliphatic carbocycles. The highest BCUT2D eigenvalue weighted by Crippen LogP contribution is 2.04. The lowest BCUT2D eigenvalue weighted by molar-refractivity contribution is -0.141. The number of esters is 1. The van der Waals surface area contributed by atoms with E-state index in [1.54, 1.807) is 4.90 Å². The molecule has 4 nitrogen and oxygen atoms in total. The number of methoxy groups -OCH3 is 1. The van der Waals surface area contributed by atoms with Crippen molar-refractivity contribution in [2.45, 2.75) is 33.6 Å². The minimum atomic E-state index is -0.272. The number of ether oxygens (including phenoxy) is 1. The van der Waals surface area contributed by atoms with Crippen LogP contribution in [-0.2, 0) is 14.3 Å². The van der Waals surface area contributed by atoms with Crippen molar-refractivity contribution in [2.75, 3.05) is 20.2 Å². The van der Waals surface area contributed by atoms with E-state index in [9.17, 15) is 9.59 Å². The molecule has 15 heavy (non-hydrogen) atoms. The minimum Gasteiger partial charge on any atom is -0.469 e. The van der Waals surface area contributed by atoms with Crippen molar-refractivity contribution in [1.82, 2.24) is 4.90 Å². The van der Waals surface area contributed by atoms with Gasteiger partial charge in [0.2, 0.25) is 5.91 Å². The van der Waals surface area contributed by atoms with Crippen LogP contribution in [0.1, 0.15) is 33.6 Å². The van der Waals surface area contributed by atoms with Gasteiger partial charge in [0.25, 0.3) is 0 Å². The maximum absolute atomic E-state index is 11.7. The molecule has 0 radical (unpaired) electrons. The van der Waals surface area contributed by atoms with Crippen LogP contribution in [0.4, 0.5) is 0 Å². The standard InChI is InChI=1S/C11H21NO3/c1-5-12(7-6-11(14)15-4)10(13)8-9(2)3/h9H,5-8H2,1-4H3. The highest BCUT2D eigenvalue weighted by molar-refractivity contribution is 5.77. The molecule has 0 heterocycles. The Morgan fingerprint density at radius 1 is 1.33 bits per heavy atom. The first-order valence-electron chi connectivity index (χ1n) is 5.35. The first kappa shape index (κ1) is 13.9. The summed E-state index contributed by atoms with van der Waals surface area (Å²) in [4.78, 5) is 24.3. The molecule has 0 saturated heterocycles. The molecule has 0 saturated carbocycles. The summed E-state index contributed by atoms with van der Waals surface area (Å²) in [5.41, 5.74) is 0. The highest BCUT2D eigenvalue weighted by Gasteiger charge is 2.14. The Balaban J connectivity index is 4.01. The molecular formula is C11H21NO3. The van der Waals surface area contributed by atoms with E-state index in [1.165, 1.54) is 7.11 Å². The van der Waals surface area contributed by atoms with E-state index < -0.39 is 0 Å². The molecule has 0 spiro atoms. The number of nitrogens with zero attached hydrogens (tertiary/aromatic N) is 1.